The van der Waals surface area contributed by atoms with Crippen molar-refractivity contribution in [3.8, 4) is 0 Å². The first-order valence-electron chi connectivity index (χ1n) is 16.7. The number of carbonyl (C=O) groups is 2. The molecule has 0 aliphatic rings. The molecule has 7 rings (SSSR count). The van der Waals surface area contributed by atoms with E-state index in [1.165, 1.54) is 22.7 Å². The predicted octanol–water partition coefficient (Wildman–Crippen LogP) is 9.54. The summed E-state index contributed by atoms with van der Waals surface area (Å²) in [5, 5.41) is 9.36. The summed E-state index contributed by atoms with van der Waals surface area (Å²) >= 11 is 2.67. The Morgan fingerprint density at radius 3 is 1.76 bits per heavy atom. The zero-order valence-electron chi connectivity index (χ0n) is 29.5. The standard InChI is InChI=1S/C24H21N3O3S2.C17H15N3OS/c1-16-7-3-5-9-20(16)23(28)21-15-25-24(31-21)26-18-11-13-19(14-12-18)27-32(29,30)22-10-6-4-8-17(22)2;1-11-4-2-3-5-14(11)16(21)15-10-22-17(20-15)19-13-8-6-12(18)7-9-13/h3-15,27H,1-2H3,(H,25,26);2-10H,18H2,1H3,(H,19,20). The molecule has 0 saturated carbocycles. The van der Waals surface area contributed by atoms with Crippen molar-refractivity contribution in [2.75, 3.05) is 21.1 Å². The second-order valence-corrected chi connectivity index (χ2v) is 15.7. The minimum Gasteiger partial charge on any atom is -0.399 e. The Morgan fingerprint density at radius 2 is 1.15 bits per heavy atom. The van der Waals surface area contributed by atoms with E-state index in [2.05, 4.69) is 25.3 Å². The minimum absolute atomic E-state index is 0.0558. The highest BCUT2D eigenvalue weighted by molar-refractivity contribution is 7.92. The van der Waals surface area contributed by atoms with Crippen molar-refractivity contribution in [3.05, 3.63) is 171 Å². The average molecular weight is 773 g/mol. The number of hydrogen-bond donors (Lipinski definition) is 4. The summed E-state index contributed by atoms with van der Waals surface area (Å²) < 4.78 is 27.9. The summed E-state index contributed by atoms with van der Waals surface area (Å²) in [6.45, 7) is 5.59. The SMILES string of the molecule is Cc1ccccc1C(=O)c1cnc(Nc2ccc(NS(=O)(=O)c3ccccc3C)cc2)s1.Cc1ccccc1C(=O)c1csc(Nc2ccc(N)cc2)n1. The summed E-state index contributed by atoms with van der Waals surface area (Å²) in [5.74, 6) is -0.116. The number of nitrogens with one attached hydrogen (secondary N) is 3. The van der Waals surface area contributed by atoms with Crippen molar-refractivity contribution in [3.63, 3.8) is 0 Å². The number of nitrogens with zero attached hydrogens (tertiary/aromatic N) is 2. The van der Waals surface area contributed by atoms with Crippen molar-refractivity contribution in [1.82, 2.24) is 9.97 Å². The Hall–Kier alpha value is -6.15. The first-order valence-corrected chi connectivity index (χ1v) is 19.8. The van der Waals surface area contributed by atoms with Crippen LogP contribution in [0.15, 0.2) is 138 Å². The third-order valence-electron chi connectivity index (χ3n) is 8.18. The predicted molar refractivity (Wildman–Crippen MR) is 219 cm³/mol. The number of nitrogens with two attached hydrogens (primary N) is 1. The lowest BCUT2D eigenvalue weighted by atomic mass is 10.0. The third-order valence-corrected chi connectivity index (χ3v) is 11.4. The zero-order valence-corrected chi connectivity index (χ0v) is 32.0. The monoisotopic (exact) mass is 772 g/mol. The van der Waals surface area contributed by atoms with Crippen LogP contribution in [0, 0.1) is 20.8 Å². The zero-order chi connectivity index (χ0) is 38.2. The molecular weight excluding hydrogens is 737 g/mol. The average Bonchev–Trinajstić information content (AvgIpc) is 3.84. The van der Waals surface area contributed by atoms with Crippen LogP contribution in [-0.4, -0.2) is 30.0 Å². The summed E-state index contributed by atoms with van der Waals surface area (Å²) in [5.41, 5.74) is 12.8. The molecule has 0 radical (unpaired) electrons. The van der Waals surface area contributed by atoms with Gasteiger partial charge < -0.3 is 16.4 Å². The number of carbonyl (C=O) groups excluding carboxylic acids is 2. The van der Waals surface area contributed by atoms with E-state index in [-0.39, 0.29) is 16.5 Å². The van der Waals surface area contributed by atoms with Crippen molar-refractivity contribution in [1.29, 1.82) is 0 Å². The van der Waals surface area contributed by atoms with Crippen LogP contribution in [0.2, 0.25) is 0 Å². The van der Waals surface area contributed by atoms with E-state index in [1.807, 2.05) is 80.6 Å². The van der Waals surface area contributed by atoms with Crippen LogP contribution in [0.1, 0.15) is 48.0 Å². The largest absolute Gasteiger partial charge is 0.399 e. The van der Waals surface area contributed by atoms with E-state index in [0.717, 1.165) is 22.5 Å². The summed E-state index contributed by atoms with van der Waals surface area (Å²) in [6.07, 6.45) is 1.56. The van der Waals surface area contributed by atoms with Crippen molar-refractivity contribution >= 4 is 77.3 Å². The van der Waals surface area contributed by atoms with Crippen LogP contribution in [0.25, 0.3) is 0 Å². The van der Waals surface area contributed by atoms with Gasteiger partial charge in [-0.25, -0.2) is 18.4 Å². The van der Waals surface area contributed by atoms with E-state index in [4.69, 9.17) is 5.73 Å². The maximum absolute atomic E-state index is 12.7. The second-order valence-electron chi connectivity index (χ2n) is 12.2. The maximum atomic E-state index is 12.7. The second kappa shape index (κ2) is 16.7. The van der Waals surface area contributed by atoms with E-state index in [9.17, 15) is 18.0 Å². The van der Waals surface area contributed by atoms with Gasteiger partial charge in [0, 0.05) is 39.3 Å². The lowest BCUT2D eigenvalue weighted by Gasteiger charge is -2.11. The fraction of sp³-hybridized carbons (Fsp3) is 0.0732. The molecule has 0 unspecified atom stereocenters. The topological polar surface area (TPSA) is 156 Å². The molecule has 2 aromatic heterocycles. The third kappa shape index (κ3) is 9.25. The number of anilines is 6. The summed E-state index contributed by atoms with van der Waals surface area (Å²) in [7, 11) is -3.67. The van der Waals surface area contributed by atoms with Crippen LogP contribution in [0.3, 0.4) is 0 Å². The number of rotatable bonds is 11. The fourth-order valence-corrected chi connectivity index (χ4v) is 8.11. The molecule has 13 heteroatoms. The molecular formula is C41H36N6O4S3. The van der Waals surface area contributed by atoms with Gasteiger partial charge in [-0.3, -0.25) is 14.3 Å². The highest BCUT2D eigenvalue weighted by Gasteiger charge is 2.18. The molecule has 0 aliphatic heterocycles. The molecule has 272 valence electrons. The van der Waals surface area contributed by atoms with Crippen LogP contribution in [0.4, 0.5) is 33.0 Å². The lowest BCUT2D eigenvalue weighted by Crippen LogP contribution is -2.14. The van der Waals surface area contributed by atoms with Crippen LogP contribution in [-0.2, 0) is 10.0 Å². The molecule has 10 nitrogen and oxygen atoms in total. The molecule has 7 aromatic rings. The van der Waals surface area contributed by atoms with Gasteiger partial charge in [0.05, 0.1) is 16.0 Å². The number of nitrogen functional groups attached to an aromatic ring is 1. The lowest BCUT2D eigenvalue weighted by molar-refractivity contribution is 0.102. The van der Waals surface area contributed by atoms with Crippen molar-refractivity contribution in [2.24, 2.45) is 0 Å². The van der Waals surface area contributed by atoms with Gasteiger partial charge in [0.2, 0.25) is 11.6 Å². The Morgan fingerprint density at radius 1 is 0.630 bits per heavy atom. The van der Waals surface area contributed by atoms with E-state index >= 15 is 0 Å². The summed E-state index contributed by atoms with van der Waals surface area (Å²) in [4.78, 5) is 34.7. The molecule has 5 aromatic carbocycles. The van der Waals surface area contributed by atoms with Crippen LogP contribution in [0.5, 0.6) is 0 Å². The van der Waals surface area contributed by atoms with E-state index in [1.54, 1.807) is 73.1 Å². The molecule has 0 atom stereocenters. The summed E-state index contributed by atoms with van der Waals surface area (Å²) in [6, 6.07) is 36.0. The number of aryl methyl sites for hydroxylation is 3. The molecule has 0 fully saturated rings. The Kier molecular flexibility index (Phi) is 11.6. The Bertz CT molecular complexity index is 2530. The first kappa shape index (κ1) is 37.6. The molecule has 5 N–H and O–H groups in total. The minimum atomic E-state index is -3.67. The normalized spacial score (nSPS) is 10.9. The van der Waals surface area contributed by atoms with E-state index in [0.29, 0.717) is 48.9 Å². The number of aromatic nitrogens is 2. The van der Waals surface area contributed by atoms with Gasteiger partial charge in [0.25, 0.3) is 10.0 Å². The van der Waals surface area contributed by atoms with Crippen molar-refractivity contribution in [2.45, 2.75) is 25.7 Å². The van der Waals surface area contributed by atoms with Gasteiger partial charge in [-0.1, -0.05) is 78.1 Å². The Balaban J connectivity index is 0.000000197. The van der Waals surface area contributed by atoms with Crippen LogP contribution >= 0.6 is 22.7 Å². The molecule has 54 heavy (non-hydrogen) atoms. The highest BCUT2D eigenvalue weighted by Crippen LogP contribution is 2.28. The molecule has 0 saturated heterocycles. The molecule has 0 amide bonds. The fourth-order valence-electron chi connectivity index (χ4n) is 5.30. The molecule has 0 bridgehead atoms. The number of thiazole rings is 2. The van der Waals surface area contributed by atoms with E-state index < -0.39 is 10.0 Å². The van der Waals surface area contributed by atoms with Crippen LogP contribution < -0.4 is 21.1 Å². The smallest absolute Gasteiger partial charge is 0.262 e. The maximum Gasteiger partial charge on any atom is 0.262 e. The number of sulfonamides is 1. The van der Waals surface area contributed by atoms with Gasteiger partial charge in [0.15, 0.2) is 10.3 Å². The van der Waals surface area contributed by atoms with Gasteiger partial charge in [-0.2, -0.15) is 0 Å². The number of benzene rings is 5. The number of hydrogen-bond acceptors (Lipinski definition) is 11. The number of ketones is 2. The highest BCUT2D eigenvalue weighted by atomic mass is 32.2. The molecule has 0 spiro atoms. The van der Waals surface area contributed by atoms with Crippen molar-refractivity contribution < 1.29 is 18.0 Å². The van der Waals surface area contributed by atoms with Gasteiger partial charge in [-0.15, -0.1) is 11.3 Å². The molecule has 2 heterocycles. The Labute approximate surface area is 321 Å². The van der Waals surface area contributed by atoms with Gasteiger partial charge in [-0.05, 0) is 92.1 Å². The molecule has 0 aliphatic carbocycles. The van der Waals surface area contributed by atoms with Gasteiger partial charge in [0.1, 0.15) is 5.69 Å². The first-order chi connectivity index (χ1) is 26.0. The van der Waals surface area contributed by atoms with Gasteiger partial charge >= 0.3 is 0 Å². The quantitative estimate of drug-likeness (QED) is 0.0743.